The number of anilines is 1. The van der Waals surface area contributed by atoms with Crippen molar-refractivity contribution < 1.29 is 9.53 Å². The maximum Gasteiger partial charge on any atom is 0.224 e. The molecule has 1 N–H and O–H groups in total. The first-order chi connectivity index (χ1) is 9.81. The van der Waals surface area contributed by atoms with Gasteiger partial charge in [0.2, 0.25) is 5.91 Å². The largest absolute Gasteiger partial charge is 0.379 e. The molecule has 5 heteroatoms. The lowest BCUT2D eigenvalue weighted by Crippen LogP contribution is -2.18. The summed E-state index contributed by atoms with van der Waals surface area (Å²) >= 11 is 0. The van der Waals surface area contributed by atoms with Crippen LogP contribution in [0, 0.1) is 5.92 Å². The molecule has 1 amide bonds. The zero-order chi connectivity index (χ0) is 13.8. The first-order valence-electron chi connectivity index (χ1n) is 7.73. The summed E-state index contributed by atoms with van der Waals surface area (Å²) in [5, 5.41) is 7.29. The van der Waals surface area contributed by atoms with Gasteiger partial charge in [-0.3, -0.25) is 9.48 Å². The van der Waals surface area contributed by atoms with Gasteiger partial charge in [-0.1, -0.05) is 19.3 Å². The molecule has 2 fully saturated rings. The third kappa shape index (κ3) is 3.39. The van der Waals surface area contributed by atoms with Crippen LogP contribution in [0.5, 0.6) is 0 Å². The van der Waals surface area contributed by atoms with E-state index >= 15 is 0 Å². The summed E-state index contributed by atoms with van der Waals surface area (Å²) in [7, 11) is 0. The number of nitrogens with one attached hydrogen (secondary N) is 1. The maximum absolute atomic E-state index is 12.0. The van der Waals surface area contributed by atoms with Crippen molar-refractivity contribution in [1.82, 2.24) is 9.78 Å². The number of hydrogen-bond acceptors (Lipinski definition) is 3. The van der Waals surface area contributed by atoms with E-state index < -0.39 is 0 Å². The van der Waals surface area contributed by atoms with Crippen LogP contribution in [0.1, 0.15) is 51.0 Å². The second kappa shape index (κ2) is 6.39. The molecule has 0 aromatic carbocycles. The van der Waals surface area contributed by atoms with E-state index in [4.69, 9.17) is 4.74 Å². The van der Waals surface area contributed by atoms with E-state index in [2.05, 4.69) is 10.4 Å². The Hall–Kier alpha value is -1.36. The maximum atomic E-state index is 12.0. The summed E-state index contributed by atoms with van der Waals surface area (Å²) in [4.78, 5) is 12.0. The molecule has 1 aromatic rings. The van der Waals surface area contributed by atoms with Crippen LogP contribution in [0.15, 0.2) is 12.4 Å². The van der Waals surface area contributed by atoms with Crippen molar-refractivity contribution >= 4 is 11.6 Å². The second-order valence-corrected chi connectivity index (χ2v) is 5.98. The van der Waals surface area contributed by atoms with Crippen molar-refractivity contribution in [2.75, 3.05) is 18.5 Å². The molecular weight excluding hydrogens is 254 g/mol. The predicted octanol–water partition coefficient (Wildman–Crippen LogP) is 2.75. The van der Waals surface area contributed by atoms with Crippen molar-refractivity contribution in [3.63, 3.8) is 0 Å². The van der Waals surface area contributed by atoms with Crippen LogP contribution >= 0.6 is 0 Å². The van der Waals surface area contributed by atoms with Crippen LogP contribution in [0.25, 0.3) is 0 Å². The molecule has 20 heavy (non-hydrogen) atoms. The lowest BCUT2D eigenvalue weighted by molar-refractivity contribution is -0.117. The summed E-state index contributed by atoms with van der Waals surface area (Å²) in [5.74, 6) is 0.696. The summed E-state index contributed by atoms with van der Waals surface area (Å²) in [5.41, 5.74) is 0.803. The minimum absolute atomic E-state index is 0.124. The summed E-state index contributed by atoms with van der Waals surface area (Å²) in [6.07, 6.45) is 11.6. The Labute approximate surface area is 119 Å². The molecule has 1 saturated heterocycles. The van der Waals surface area contributed by atoms with Gasteiger partial charge in [0.1, 0.15) is 0 Å². The van der Waals surface area contributed by atoms with E-state index in [1.807, 2.05) is 10.9 Å². The molecule has 0 radical (unpaired) electrons. The highest BCUT2D eigenvalue weighted by Gasteiger charge is 2.20. The van der Waals surface area contributed by atoms with Gasteiger partial charge in [0, 0.05) is 19.2 Å². The number of hydrogen-bond donors (Lipinski definition) is 1. The van der Waals surface area contributed by atoms with E-state index in [-0.39, 0.29) is 5.91 Å². The van der Waals surface area contributed by atoms with E-state index in [0.29, 0.717) is 18.4 Å². The smallest absolute Gasteiger partial charge is 0.224 e. The van der Waals surface area contributed by atoms with Crippen LogP contribution in [-0.2, 0) is 9.53 Å². The van der Waals surface area contributed by atoms with Gasteiger partial charge >= 0.3 is 0 Å². The fourth-order valence-electron chi connectivity index (χ4n) is 3.20. The molecule has 110 valence electrons. The fraction of sp³-hybridized carbons (Fsp3) is 0.733. The number of carbonyl (C=O) groups is 1. The Morgan fingerprint density at radius 2 is 2.20 bits per heavy atom. The van der Waals surface area contributed by atoms with Crippen molar-refractivity contribution in [2.45, 2.75) is 51.0 Å². The molecule has 0 spiro atoms. The standard InChI is InChI=1S/C15H23N3O2/c19-15(8-12-4-2-1-3-5-12)17-13-9-16-18(10-13)14-6-7-20-11-14/h9-10,12,14H,1-8,11H2,(H,17,19)/t14-/m1/s1. The van der Waals surface area contributed by atoms with Gasteiger partial charge in [-0.05, 0) is 25.2 Å². The Bertz CT molecular complexity index is 446. The van der Waals surface area contributed by atoms with E-state index in [1.54, 1.807) is 6.20 Å². The number of amides is 1. The number of aromatic nitrogens is 2. The van der Waals surface area contributed by atoms with Gasteiger partial charge in [0.25, 0.3) is 0 Å². The first kappa shape index (κ1) is 13.6. The summed E-state index contributed by atoms with van der Waals surface area (Å²) < 4.78 is 7.26. The number of carbonyl (C=O) groups excluding carboxylic acids is 1. The summed E-state index contributed by atoms with van der Waals surface area (Å²) in [6, 6.07) is 0.319. The quantitative estimate of drug-likeness (QED) is 0.920. The van der Waals surface area contributed by atoms with Gasteiger partial charge in [0.15, 0.2) is 0 Å². The van der Waals surface area contributed by atoms with E-state index in [0.717, 1.165) is 25.3 Å². The third-order valence-electron chi connectivity index (χ3n) is 4.36. The topological polar surface area (TPSA) is 56.2 Å². The van der Waals surface area contributed by atoms with E-state index in [9.17, 15) is 4.79 Å². The van der Waals surface area contributed by atoms with Crippen LogP contribution in [0.2, 0.25) is 0 Å². The Morgan fingerprint density at radius 1 is 1.35 bits per heavy atom. The van der Waals surface area contributed by atoms with Crippen molar-refractivity contribution in [2.24, 2.45) is 5.92 Å². The molecule has 5 nitrogen and oxygen atoms in total. The average Bonchev–Trinajstić information content (AvgIpc) is 3.10. The monoisotopic (exact) mass is 277 g/mol. The predicted molar refractivity (Wildman–Crippen MR) is 76.5 cm³/mol. The molecule has 1 aromatic heterocycles. The van der Waals surface area contributed by atoms with Crippen LogP contribution in [0.4, 0.5) is 5.69 Å². The SMILES string of the molecule is O=C(CC1CCCCC1)Nc1cnn([C@@H]2CCOC2)c1. The fourth-order valence-corrected chi connectivity index (χ4v) is 3.20. The van der Waals surface area contributed by atoms with Gasteiger partial charge in [-0.25, -0.2) is 0 Å². The molecular formula is C15H23N3O2. The molecule has 2 aliphatic rings. The van der Waals surface area contributed by atoms with Gasteiger partial charge in [-0.2, -0.15) is 5.10 Å². The van der Waals surface area contributed by atoms with E-state index in [1.165, 1.54) is 32.1 Å². The zero-order valence-electron chi connectivity index (χ0n) is 11.9. The minimum atomic E-state index is 0.124. The Balaban J connectivity index is 1.50. The highest BCUT2D eigenvalue weighted by molar-refractivity contribution is 5.90. The third-order valence-corrected chi connectivity index (χ3v) is 4.36. The highest BCUT2D eigenvalue weighted by Crippen LogP contribution is 2.26. The molecule has 1 aliphatic carbocycles. The molecule has 1 atom stereocenters. The highest BCUT2D eigenvalue weighted by atomic mass is 16.5. The lowest BCUT2D eigenvalue weighted by Gasteiger charge is -2.20. The van der Waals surface area contributed by atoms with Crippen molar-refractivity contribution in [3.8, 4) is 0 Å². The number of ether oxygens (including phenoxy) is 1. The van der Waals surface area contributed by atoms with Gasteiger partial charge < -0.3 is 10.1 Å². The molecule has 1 aliphatic heterocycles. The lowest BCUT2D eigenvalue weighted by atomic mass is 9.87. The molecule has 3 rings (SSSR count). The van der Waals surface area contributed by atoms with Crippen LogP contribution < -0.4 is 5.32 Å². The summed E-state index contributed by atoms with van der Waals surface area (Å²) in [6.45, 7) is 1.52. The molecule has 1 saturated carbocycles. The molecule has 0 unspecified atom stereocenters. The average molecular weight is 277 g/mol. The van der Waals surface area contributed by atoms with Crippen molar-refractivity contribution in [1.29, 1.82) is 0 Å². The van der Waals surface area contributed by atoms with Gasteiger partial charge in [-0.15, -0.1) is 0 Å². The second-order valence-electron chi connectivity index (χ2n) is 5.98. The minimum Gasteiger partial charge on any atom is -0.379 e. The number of rotatable bonds is 4. The first-order valence-corrected chi connectivity index (χ1v) is 7.73. The van der Waals surface area contributed by atoms with Crippen LogP contribution in [-0.4, -0.2) is 28.9 Å². The number of nitrogens with zero attached hydrogens (tertiary/aromatic N) is 2. The van der Waals surface area contributed by atoms with Crippen molar-refractivity contribution in [3.05, 3.63) is 12.4 Å². The Morgan fingerprint density at radius 3 is 2.95 bits per heavy atom. The van der Waals surface area contributed by atoms with Gasteiger partial charge in [0.05, 0.1) is 24.5 Å². The zero-order valence-corrected chi connectivity index (χ0v) is 11.9. The normalized spacial score (nSPS) is 23.9. The molecule has 2 heterocycles. The molecule has 0 bridgehead atoms. The van der Waals surface area contributed by atoms with Crippen LogP contribution in [0.3, 0.4) is 0 Å². The Kier molecular flexibility index (Phi) is 4.35.